The molecule has 0 bridgehead atoms. The number of carbonyl (C=O) groups excluding carboxylic acids is 3. The zero-order valence-corrected chi connectivity index (χ0v) is 20.2. The number of halogens is 1. The molecule has 1 aliphatic carbocycles. The number of piperidine rings is 1. The molecule has 0 unspecified atom stereocenters. The molecule has 1 spiro atoms. The third-order valence-corrected chi connectivity index (χ3v) is 7.62. The predicted octanol–water partition coefficient (Wildman–Crippen LogP) is 3.47. The standard InChI is InChI=1S/C23H23ClN4O6S/c24-13-4-5-15-14(9-13)23(34-22(33)27-15)6-1-7-28(11-23)20(30)16(8-12-2-3-12)25-18(29)17-10-35-19(26-17)21(31)32/h4-5,9-10,12,16H,1-3,6-8,11H2,(H,25,29)(H,27,33)(H,31,32)/t16-,23-/m0/s1. The summed E-state index contributed by atoms with van der Waals surface area (Å²) >= 11 is 7.08. The van der Waals surface area contributed by atoms with Crippen LogP contribution in [-0.4, -0.2) is 58.0 Å². The summed E-state index contributed by atoms with van der Waals surface area (Å²) in [4.78, 5) is 55.4. The van der Waals surface area contributed by atoms with Gasteiger partial charge in [-0.05, 0) is 43.4 Å². The van der Waals surface area contributed by atoms with E-state index >= 15 is 0 Å². The largest absolute Gasteiger partial charge is 0.476 e. The van der Waals surface area contributed by atoms with Crippen molar-refractivity contribution in [3.05, 3.63) is 44.9 Å². The van der Waals surface area contributed by atoms with Crippen LogP contribution in [0.2, 0.25) is 5.02 Å². The number of nitrogens with one attached hydrogen (secondary N) is 2. The molecule has 5 rings (SSSR count). The number of thiazole rings is 1. The number of nitrogens with zero attached hydrogens (tertiary/aromatic N) is 2. The number of carbonyl (C=O) groups is 4. The van der Waals surface area contributed by atoms with Gasteiger partial charge in [-0.3, -0.25) is 14.9 Å². The maximum atomic E-state index is 13.6. The average molecular weight is 519 g/mol. The van der Waals surface area contributed by atoms with Crippen molar-refractivity contribution in [3.63, 3.8) is 0 Å². The highest BCUT2D eigenvalue weighted by atomic mass is 35.5. The van der Waals surface area contributed by atoms with Gasteiger partial charge in [0.05, 0.1) is 12.2 Å². The smallest absolute Gasteiger partial charge is 0.412 e. The molecule has 1 saturated heterocycles. The Hall–Kier alpha value is -3.18. The number of carboxylic acids is 1. The van der Waals surface area contributed by atoms with Gasteiger partial charge in [0.15, 0.2) is 5.60 Å². The van der Waals surface area contributed by atoms with Gasteiger partial charge < -0.3 is 20.1 Å². The molecule has 35 heavy (non-hydrogen) atoms. The van der Waals surface area contributed by atoms with Crippen molar-refractivity contribution in [3.8, 4) is 0 Å². The van der Waals surface area contributed by atoms with E-state index < -0.39 is 29.6 Å². The number of amides is 3. The van der Waals surface area contributed by atoms with E-state index in [0.717, 1.165) is 24.2 Å². The van der Waals surface area contributed by atoms with Crippen LogP contribution in [0.4, 0.5) is 10.5 Å². The number of likely N-dealkylation sites (tertiary alicyclic amines) is 1. The third-order valence-electron chi connectivity index (χ3n) is 6.55. The van der Waals surface area contributed by atoms with E-state index in [4.69, 9.17) is 21.4 Å². The van der Waals surface area contributed by atoms with Gasteiger partial charge in [-0.1, -0.05) is 24.4 Å². The normalized spacial score (nSPS) is 22.1. The predicted molar refractivity (Wildman–Crippen MR) is 127 cm³/mol. The Labute approximate surface area is 209 Å². The zero-order valence-electron chi connectivity index (χ0n) is 18.6. The van der Waals surface area contributed by atoms with Crippen LogP contribution in [0.15, 0.2) is 23.6 Å². The fourth-order valence-electron chi connectivity index (χ4n) is 4.72. The third kappa shape index (κ3) is 4.83. The Morgan fingerprint density at radius 1 is 1.37 bits per heavy atom. The van der Waals surface area contributed by atoms with E-state index in [1.54, 1.807) is 23.1 Å². The summed E-state index contributed by atoms with van der Waals surface area (Å²) in [6.07, 6.45) is 3.00. The summed E-state index contributed by atoms with van der Waals surface area (Å²) in [5.41, 5.74) is 0.247. The quantitative estimate of drug-likeness (QED) is 0.532. The minimum atomic E-state index is -1.21. The Kier molecular flexibility index (Phi) is 6.14. The zero-order chi connectivity index (χ0) is 24.7. The lowest BCUT2D eigenvalue weighted by atomic mass is 9.83. The highest BCUT2D eigenvalue weighted by Crippen LogP contribution is 2.43. The van der Waals surface area contributed by atoms with E-state index in [9.17, 15) is 19.2 Å². The molecule has 184 valence electrons. The number of aromatic carboxylic acids is 1. The molecule has 2 fully saturated rings. The summed E-state index contributed by atoms with van der Waals surface area (Å²) < 4.78 is 5.77. The molecule has 3 N–H and O–H groups in total. The summed E-state index contributed by atoms with van der Waals surface area (Å²) in [6, 6.07) is 4.35. The lowest BCUT2D eigenvalue weighted by Gasteiger charge is -2.45. The van der Waals surface area contributed by atoms with Crippen molar-refractivity contribution in [2.45, 2.75) is 43.7 Å². The Balaban J connectivity index is 1.37. The Morgan fingerprint density at radius 3 is 2.89 bits per heavy atom. The molecule has 3 heterocycles. The van der Waals surface area contributed by atoms with Crippen molar-refractivity contribution >= 4 is 52.5 Å². The highest BCUT2D eigenvalue weighted by Gasteiger charge is 2.47. The lowest BCUT2D eigenvalue weighted by molar-refractivity contribution is -0.141. The van der Waals surface area contributed by atoms with Crippen LogP contribution in [0.25, 0.3) is 0 Å². The maximum Gasteiger partial charge on any atom is 0.412 e. The van der Waals surface area contributed by atoms with Crippen molar-refractivity contribution in [1.29, 1.82) is 0 Å². The highest BCUT2D eigenvalue weighted by molar-refractivity contribution is 7.11. The van der Waals surface area contributed by atoms with Gasteiger partial charge in [-0.15, -0.1) is 11.3 Å². The van der Waals surface area contributed by atoms with Gasteiger partial charge in [0, 0.05) is 22.5 Å². The fraction of sp³-hybridized carbons (Fsp3) is 0.435. The number of anilines is 1. The molecule has 12 heteroatoms. The van der Waals surface area contributed by atoms with Crippen molar-refractivity contribution in [2.75, 3.05) is 18.4 Å². The van der Waals surface area contributed by atoms with Crippen LogP contribution in [0.3, 0.4) is 0 Å². The van der Waals surface area contributed by atoms with Gasteiger partial charge in [0.2, 0.25) is 10.9 Å². The van der Waals surface area contributed by atoms with Crippen LogP contribution in [0, 0.1) is 5.92 Å². The molecule has 1 saturated carbocycles. The molecule has 0 radical (unpaired) electrons. The van der Waals surface area contributed by atoms with Crippen LogP contribution < -0.4 is 10.6 Å². The number of hydrogen-bond acceptors (Lipinski definition) is 7. The molecule has 3 aliphatic rings. The van der Waals surface area contributed by atoms with E-state index in [-0.39, 0.29) is 23.2 Å². The first-order chi connectivity index (χ1) is 16.7. The van der Waals surface area contributed by atoms with E-state index in [1.165, 1.54) is 5.38 Å². The fourth-order valence-corrected chi connectivity index (χ4v) is 5.53. The van der Waals surface area contributed by atoms with Gasteiger partial charge in [-0.25, -0.2) is 14.6 Å². The first-order valence-electron chi connectivity index (χ1n) is 11.3. The van der Waals surface area contributed by atoms with Crippen molar-refractivity contribution in [2.24, 2.45) is 5.92 Å². The van der Waals surface area contributed by atoms with Gasteiger partial charge in [0.1, 0.15) is 11.7 Å². The number of carboxylic acid groups (broad SMARTS) is 1. The second kappa shape index (κ2) is 9.12. The van der Waals surface area contributed by atoms with Crippen molar-refractivity contribution in [1.82, 2.24) is 15.2 Å². The molecule has 2 atom stereocenters. The first-order valence-corrected chi connectivity index (χ1v) is 12.6. The average Bonchev–Trinajstić information content (AvgIpc) is 3.49. The number of benzene rings is 1. The number of fused-ring (bicyclic) bond motifs is 2. The van der Waals surface area contributed by atoms with Gasteiger partial charge in [0.25, 0.3) is 5.91 Å². The maximum absolute atomic E-state index is 13.6. The monoisotopic (exact) mass is 518 g/mol. The summed E-state index contributed by atoms with van der Waals surface area (Å²) in [5.74, 6) is -1.74. The SMILES string of the molecule is O=C1Nc2ccc(Cl)cc2[C@@]2(CCCN(C(=O)[C@H](CC3CC3)NC(=O)c3csc(C(=O)O)n3)C2)O1. The molecular formula is C23H23ClN4O6S. The summed E-state index contributed by atoms with van der Waals surface area (Å²) in [6.45, 7) is 0.599. The van der Waals surface area contributed by atoms with E-state index in [1.807, 2.05) is 0 Å². The number of rotatable bonds is 6. The van der Waals surface area contributed by atoms with E-state index in [0.29, 0.717) is 48.0 Å². The van der Waals surface area contributed by atoms with Crippen LogP contribution >= 0.6 is 22.9 Å². The second-order valence-electron chi connectivity index (χ2n) is 9.11. The molecule has 2 aromatic rings. The summed E-state index contributed by atoms with van der Waals surface area (Å²) in [5, 5.41) is 16.2. The summed E-state index contributed by atoms with van der Waals surface area (Å²) in [7, 11) is 0. The number of hydrogen-bond donors (Lipinski definition) is 3. The topological polar surface area (TPSA) is 138 Å². The minimum Gasteiger partial charge on any atom is -0.476 e. The van der Waals surface area contributed by atoms with Crippen LogP contribution in [0.1, 0.15) is 58.0 Å². The van der Waals surface area contributed by atoms with Crippen LogP contribution in [-0.2, 0) is 15.1 Å². The Morgan fingerprint density at radius 2 is 2.17 bits per heavy atom. The minimum absolute atomic E-state index is 0.0352. The number of ether oxygens (including phenoxy) is 1. The molecule has 1 aromatic heterocycles. The van der Waals surface area contributed by atoms with Gasteiger partial charge >= 0.3 is 12.1 Å². The van der Waals surface area contributed by atoms with E-state index in [2.05, 4.69) is 15.6 Å². The molecule has 2 aliphatic heterocycles. The first kappa shape index (κ1) is 23.6. The second-order valence-corrected chi connectivity index (χ2v) is 10.4. The molecular weight excluding hydrogens is 496 g/mol. The number of aromatic nitrogens is 1. The molecule has 3 amide bonds. The van der Waals surface area contributed by atoms with Gasteiger partial charge in [-0.2, -0.15) is 0 Å². The van der Waals surface area contributed by atoms with Crippen LogP contribution in [0.5, 0.6) is 0 Å². The lowest BCUT2D eigenvalue weighted by Crippen LogP contribution is -2.57. The Bertz CT molecular complexity index is 1210. The molecule has 1 aromatic carbocycles. The van der Waals surface area contributed by atoms with Crippen molar-refractivity contribution < 1.29 is 29.0 Å². The molecule has 10 nitrogen and oxygen atoms in total.